The van der Waals surface area contributed by atoms with Crippen LogP contribution in [0, 0.1) is 6.33 Å². The molecule has 1 N–H and O–H groups in total. The topological polar surface area (TPSA) is 59.8 Å². The summed E-state index contributed by atoms with van der Waals surface area (Å²) < 4.78 is 6.18. The van der Waals surface area contributed by atoms with E-state index in [0.29, 0.717) is 5.69 Å². The highest BCUT2D eigenvalue weighted by molar-refractivity contribution is 5.98. The van der Waals surface area contributed by atoms with Crippen LogP contribution in [0.15, 0.2) is 134 Å². The number of phenols is 1. The molecule has 8 aromatic rings. The van der Waals surface area contributed by atoms with Gasteiger partial charge >= 0.3 is 0 Å². The molecule has 5 aromatic carbocycles. The zero-order valence-electron chi connectivity index (χ0n) is 29.0. The minimum atomic E-state index is 0.186. The molecule has 0 fully saturated rings. The van der Waals surface area contributed by atoms with E-state index in [0.717, 1.165) is 61.6 Å². The molecule has 0 aliphatic carbocycles. The highest BCUT2D eigenvalue weighted by Crippen LogP contribution is 2.48. The standard InChI is InChI=1S/C45H37N5O/c1-28(2)32-18-11-19-33(29(3)4)42(32)44-43-38-17-8-7-16-36(38)34-14-5-6-15-35(34)37-23-22-31(50-45-30(26-47-50)13-12-24-46-45)25-40(37)49(43)27-48(44)39-20-9-10-21-41(39)51/h5-26,28-29,51H,1-4H3. The van der Waals surface area contributed by atoms with Gasteiger partial charge in [0.2, 0.25) is 0 Å². The summed E-state index contributed by atoms with van der Waals surface area (Å²) in [5, 5.41) is 17.3. The van der Waals surface area contributed by atoms with Gasteiger partial charge in [0.25, 0.3) is 6.33 Å². The summed E-state index contributed by atoms with van der Waals surface area (Å²) in [6.07, 6.45) is 7.49. The third kappa shape index (κ3) is 4.82. The maximum atomic E-state index is 11.5. The monoisotopic (exact) mass is 663 g/mol. The van der Waals surface area contributed by atoms with Gasteiger partial charge < -0.3 is 5.11 Å². The summed E-state index contributed by atoms with van der Waals surface area (Å²) in [4.78, 5) is 4.69. The molecule has 0 unspecified atom stereocenters. The molecule has 9 rings (SSSR count). The first-order chi connectivity index (χ1) is 24.9. The van der Waals surface area contributed by atoms with Gasteiger partial charge in [-0.3, -0.25) is 9.13 Å². The van der Waals surface area contributed by atoms with E-state index in [1.807, 2.05) is 41.2 Å². The minimum Gasteiger partial charge on any atom is -0.511 e. The highest BCUT2D eigenvalue weighted by atomic mass is 16.3. The molecule has 248 valence electrons. The Bertz CT molecular complexity index is 2600. The van der Waals surface area contributed by atoms with Gasteiger partial charge in [0.05, 0.1) is 29.0 Å². The second-order valence-corrected chi connectivity index (χ2v) is 13.8. The Morgan fingerprint density at radius 3 is 2.02 bits per heavy atom. The van der Waals surface area contributed by atoms with E-state index < -0.39 is 0 Å². The van der Waals surface area contributed by atoms with Gasteiger partial charge in [-0.05, 0) is 92.7 Å². The van der Waals surface area contributed by atoms with Crippen LogP contribution >= 0.6 is 0 Å². The van der Waals surface area contributed by atoms with Gasteiger partial charge in [0.15, 0.2) is 5.65 Å². The molecular formula is C45H37N5O. The summed E-state index contributed by atoms with van der Waals surface area (Å²) in [5.74, 6) is 0.679. The number of rotatable bonds is 5. The van der Waals surface area contributed by atoms with Crippen LogP contribution in [0.4, 0.5) is 0 Å². The molecule has 51 heavy (non-hydrogen) atoms. The summed E-state index contributed by atoms with van der Waals surface area (Å²) in [7, 11) is 0. The van der Waals surface area contributed by atoms with Gasteiger partial charge in [-0.1, -0.05) is 113 Å². The smallest absolute Gasteiger partial charge is 0.270 e. The Morgan fingerprint density at radius 1 is 0.667 bits per heavy atom. The molecule has 0 amide bonds. The first kappa shape index (κ1) is 30.8. The molecule has 6 heteroatoms. The predicted molar refractivity (Wildman–Crippen MR) is 204 cm³/mol. The van der Waals surface area contributed by atoms with E-state index in [4.69, 9.17) is 5.10 Å². The van der Waals surface area contributed by atoms with E-state index in [9.17, 15) is 5.11 Å². The van der Waals surface area contributed by atoms with Crippen LogP contribution in [0.2, 0.25) is 0 Å². The van der Waals surface area contributed by atoms with Crippen LogP contribution in [0.25, 0.3) is 72.9 Å². The van der Waals surface area contributed by atoms with Crippen molar-refractivity contribution in [2.45, 2.75) is 39.5 Å². The van der Waals surface area contributed by atoms with E-state index in [2.05, 4.69) is 133 Å². The summed E-state index contributed by atoms with van der Waals surface area (Å²) >= 11 is 0. The molecule has 6 nitrogen and oxygen atoms in total. The quantitative estimate of drug-likeness (QED) is 0.147. The molecular weight excluding hydrogens is 627 g/mol. The third-order valence-corrected chi connectivity index (χ3v) is 10.1. The number of imidazole rings is 1. The summed E-state index contributed by atoms with van der Waals surface area (Å²) in [6.45, 7) is 9.02. The molecule has 0 saturated heterocycles. The molecule has 0 spiro atoms. The Labute approximate surface area is 297 Å². The second-order valence-electron chi connectivity index (χ2n) is 13.8. The Kier molecular flexibility index (Phi) is 7.21. The lowest BCUT2D eigenvalue weighted by atomic mass is 9.83. The number of para-hydroxylation sites is 2. The molecule has 0 bridgehead atoms. The minimum absolute atomic E-state index is 0.186. The van der Waals surface area contributed by atoms with E-state index in [-0.39, 0.29) is 17.6 Å². The first-order valence-electron chi connectivity index (χ1n) is 17.5. The fourth-order valence-electron chi connectivity index (χ4n) is 7.71. The SMILES string of the molecule is CC(C)c1cccc(C(C)C)c1-c1c2n([c-][n+]1-c1ccccc1O)-c1cc(-n3ncc4cccnc43)ccc1-c1ccccc1-c1ccccc1-2. The molecule has 0 radical (unpaired) electrons. The first-order valence-corrected chi connectivity index (χ1v) is 17.5. The van der Waals surface area contributed by atoms with Crippen molar-refractivity contribution in [3.05, 3.63) is 151 Å². The number of nitrogens with zero attached hydrogens (tertiary/aromatic N) is 5. The van der Waals surface area contributed by atoms with Gasteiger partial charge in [-0.25, -0.2) is 9.67 Å². The van der Waals surface area contributed by atoms with E-state index >= 15 is 0 Å². The van der Waals surface area contributed by atoms with Crippen LogP contribution in [-0.2, 0) is 0 Å². The Balaban J connectivity index is 1.49. The van der Waals surface area contributed by atoms with Crippen molar-refractivity contribution in [1.29, 1.82) is 0 Å². The number of hydrogen-bond acceptors (Lipinski definition) is 3. The number of fused-ring (bicyclic) bond motifs is 9. The van der Waals surface area contributed by atoms with Crippen molar-refractivity contribution < 1.29 is 9.67 Å². The molecule has 0 saturated carbocycles. The van der Waals surface area contributed by atoms with Crippen LogP contribution in [-0.4, -0.2) is 24.4 Å². The Hall–Kier alpha value is -6.27. The lowest BCUT2D eigenvalue weighted by Gasteiger charge is -2.26. The largest absolute Gasteiger partial charge is 0.511 e. The molecule has 1 aliphatic rings. The maximum Gasteiger partial charge on any atom is 0.270 e. The van der Waals surface area contributed by atoms with Gasteiger partial charge in [-0.15, -0.1) is 0 Å². The summed E-state index contributed by atoms with van der Waals surface area (Å²) in [6, 6.07) is 42.0. The lowest BCUT2D eigenvalue weighted by Crippen LogP contribution is -2.32. The average molecular weight is 664 g/mol. The third-order valence-electron chi connectivity index (χ3n) is 10.1. The van der Waals surface area contributed by atoms with Crippen molar-refractivity contribution in [3.8, 4) is 67.6 Å². The van der Waals surface area contributed by atoms with Gasteiger partial charge in [-0.2, -0.15) is 5.10 Å². The van der Waals surface area contributed by atoms with Crippen molar-refractivity contribution >= 4 is 11.0 Å². The number of aromatic nitrogens is 5. The predicted octanol–water partition coefficient (Wildman–Crippen LogP) is 10.2. The van der Waals surface area contributed by atoms with Gasteiger partial charge in [0.1, 0.15) is 11.4 Å². The second kappa shape index (κ2) is 12.0. The fourth-order valence-corrected chi connectivity index (χ4v) is 7.71. The van der Waals surface area contributed by atoms with Crippen molar-refractivity contribution in [2.24, 2.45) is 0 Å². The zero-order valence-corrected chi connectivity index (χ0v) is 29.0. The van der Waals surface area contributed by atoms with Crippen molar-refractivity contribution in [3.63, 3.8) is 0 Å². The number of hydrogen-bond donors (Lipinski definition) is 1. The molecule has 4 heterocycles. The zero-order chi connectivity index (χ0) is 34.8. The van der Waals surface area contributed by atoms with E-state index in [1.54, 1.807) is 12.3 Å². The van der Waals surface area contributed by atoms with Crippen LogP contribution < -0.4 is 4.57 Å². The number of benzene rings is 5. The van der Waals surface area contributed by atoms with Gasteiger partial charge in [0, 0.05) is 11.6 Å². The van der Waals surface area contributed by atoms with E-state index in [1.165, 1.54) is 16.7 Å². The van der Waals surface area contributed by atoms with Crippen LogP contribution in [0.1, 0.15) is 50.7 Å². The number of phenolic OH excluding ortho intramolecular Hbond substituents is 1. The summed E-state index contributed by atoms with van der Waals surface area (Å²) in [5.41, 5.74) is 14.5. The molecule has 3 aromatic heterocycles. The maximum absolute atomic E-state index is 11.5. The molecule has 1 aliphatic heterocycles. The highest BCUT2D eigenvalue weighted by Gasteiger charge is 2.31. The van der Waals surface area contributed by atoms with Crippen LogP contribution in [0.5, 0.6) is 5.75 Å². The normalized spacial score (nSPS) is 12.0. The van der Waals surface area contributed by atoms with Crippen molar-refractivity contribution in [1.82, 2.24) is 19.3 Å². The fraction of sp³-hybridized carbons (Fsp3) is 0.133. The number of pyridine rings is 1. The van der Waals surface area contributed by atoms with Crippen molar-refractivity contribution in [2.75, 3.05) is 0 Å². The average Bonchev–Trinajstić information content (AvgIpc) is 3.76. The Morgan fingerprint density at radius 2 is 1.31 bits per heavy atom. The lowest BCUT2D eigenvalue weighted by molar-refractivity contribution is -0.588. The molecule has 0 atom stereocenters. The van der Waals surface area contributed by atoms with Crippen LogP contribution in [0.3, 0.4) is 0 Å². The number of aromatic hydroxyl groups is 1.